The monoisotopic (exact) mass is 231 g/mol. The summed E-state index contributed by atoms with van der Waals surface area (Å²) in [6.45, 7) is 4.04. The minimum absolute atomic E-state index is 0.247. The SMILES string of the molecule is CC(N)C1CCN(c2nc3ccccn3n2)C1. The Morgan fingerprint density at radius 3 is 3.06 bits per heavy atom. The molecule has 3 rings (SSSR count). The number of nitrogens with zero attached hydrogens (tertiary/aromatic N) is 4. The van der Waals surface area contributed by atoms with Gasteiger partial charge in [0.15, 0.2) is 5.65 Å². The molecule has 0 aliphatic carbocycles. The molecule has 2 atom stereocenters. The molecule has 1 aliphatic heterocycles. The molecule has 90 valence electrons. The van der Waals surface area contributed by atoms with Crippen molar-refractivity contribution in [2.75, 3.05) is 18.0 Å². The molecule has 3 heterocycles. The van der Waals surface area contributed by atoms with Crippen LogP contribution < -0.4 is 10.6 Å². The zero-order valence-electron chi connectivity index (χ0n) is 9.95. The first-order chi connectivity index (χ1) is 8.24. The van der Waals surface area contributed by atoms with Gasteiger partial charge in [0.05, 0.1) is 0 Å². The van der Waals surface area contributed by atoms with Crippen LogP contribution in [0.15, 0.2) is 24.4 Å². The lowest BCUT2D eigenvalue weighted by Gasteiger charge is -2.15. The van der Waals surface area contributed by atoms with Crippen molar-refractivity contribution in [1.29, 1.82) is 0 Å². The van der Waals surface area contributed by atoms with Crippen LogP contribution in [0.25, 0.3) is 5.65 Å². The largest absolute Gasteiger partial charge is 0.339 e. The molecule has 0 aromatic carbocycles. The Bertz CT molecular complexity index is 485. The van der Waals surface area contributed by atoms with Gasteiger partial charge in [-0.05, 0) is 31.4 Å². The second-order valence-corrected chi connectivity index (χ2v) is 4.77. The van der Waals surface area contributed by atoms with Crippen LogP contribution >= 0.6 is 0 Å². The summed E-state index contributed by atoms with van der Waals surface area (Å²) in [5, 5.41) is 4.48. The molecule has 1 saturated heterocycles. The predicted molar refractivity (Wildman–Crippen MR) is 67.0 cm³/mol. The van der Waals surface area contributed by atoms with Crippen molar-refractivity contribution in [2.45, 2.75) is 19.4 Å². The maximum atomic E-state index is 5.94. The van der Waals surface area contributed by atoms with Crippen molar-refractivity contribution < 1.29 is 0 Å². The van der Waals surface area contributed by atoms with Crippen LogP contribution in [0.2, 0.25) is 0 Å². The van der Waals surface area contributed by atoms with Gasteiger partial charge in [0, 0.05) is 25.3 Å². The molecule has 0 amide bonds. The maximum absolute atomic E-state index is 5.94. The Balaban J connectivity index is 1.85. The highest BCUT2D eigenvalue weighted by atomic mass is 15.4. The van der Waals surface area contributed by atoms with Gasteiger partial charge in [0.2, 0.25) is 5.95 Å². The van der Waals surface area contributed by atoms with Crippen LogP contribution in [0, 0.1) is 5.92 Å². The lowest BCUT2D eigenvalue weighted by Crippen LogP contribution is -2.30. The third-order valence-electron chi connectivity index (χ3n) is 3.48. The molecular formula is C12H17N5. The first-order valence-electron chi connectivity index (χ1n) is 6.06. The van der Waals surface area contributed by atoms with Gasteiger partial charge in [-0.15, -0.1) is 5.10 Å². The summed E-state index contributed by atoms with van der Waals surface area (Å²) in [5.74, 6) is 1.38. The Kier molecular flexibility index (Phi) is 2.48. The summed E-state index contributed by atoms with van der Waals surface area (Å²) in [6.07, 6.45) is 3.05. The van der Waals surface area contributed by atoms with E-state index in [2.05, 4.69) is 21.9 Å². The number of fused-ring (bicyclic) bond motifs is 1. The number of aromatic nitrogens is 3. The quantitative estimate of drug-likeness (QED) is 0.834. The molecule has 2 unspecified atom stereocenters. The summed E-state index contributed by atoms with van der Waals surface area (Å²) >= 11 is 0. The van der Waals surface area contributed by atoms with E-state index in [1.54, 1.807) is 0 Å². The van der Waals surface area contributed by atoms with Crippen LogP contribution in [0.1, 0.15) is 13.3 Å². The van der Waals surface area contributed by atoms with Gasteiger partial charge in [-0.2, -0.15) is 4.98 Å². The van der Waals surface area contributed by atoms with Crippen molar-refractivity contribution in [3.05, 3.63) is 24.4 Å². The van der Waals surface area contributed by atoms with Gasteiger partial charge < -0.3 is 10.6 Å². The van der Waals surface area contributed by atoms with Gasteiger partial charge in [-0.25, -0.2) is 4.52 Å². The normalized spacial score (nSPS) is 22.2. The fourth-order valence-corrected chi connectivity index (χ4v) is 2.35. The average molecular weight is 231 g/mol. The van der Waals surface area contributed by atoms with Gasteiger partial charge in [0.25, 0.3) is 0 Å². The highest BCUT2D eigenvalue weighted by Gasteiger charge is 2.27. The van der Waals surface area contributed by atoms with E-state index in [4.69, 9.17) is 5.73 Å². The van der Waals surface area contributed by atoms with Crippen molar-refractivity contribution in [2.24, 2.45) is 11.7 Å². The van der Waals surface area contributed by atoms with E-state index >= 15 is 0 Å². The Hall–Kier alpha value is -1.62. The van der Waals surface area contributed by atoms with E-state index < -0.39 is 0 Å². The smallest absolute Gasteiger partial charge is 0.245 e. The summed E-state index contributed by atoms with van der Waals surface area (Å²) in [7, 11) is 0. The molecule has 2 aromatic heterocycles. The molecule has 0 saturated carbocycles. The van der Waals surface area contributed by atoms with E-state index in [-0.39, 0.29) is 6.04 Å². The molecule has 2 aromatic rings. The molecular weight excluding hydrogens is 214 g/mol. The standard InChI is InChI=1S/C12H17N5/c1-9(13)10-5-7-16(8-10)12-14-11-4-2-3-6-17(11)15-12/h2-4,6,9-10H,5,7-8,13H2,1H3. The van der Waals surface area contributed by atoms with Crippen LogP contribution in [0.3, 0.4) is 0 Å². The van der Waals surface area contributed by atoms with E-state index in [1.807, 2.05) is 28.9 Å². The molecule has 0 spiro atoms. The van der Waals surface area contributed by atoms with E-state index in [0.29, 0.717) is 5.92 Å². The van der Waals surface area contributed by atoms with Crippen LogP contribution in [-0.4, -0.2) is 33.7 Å². The van der Waals surface area contributed by atoms with E-state index in [0.717, 1.165) is 31.1 Å². The predicted octanol–water partition coefficient (Wildman–Crippen LogP) is 0.903. The number of rotatable bonds is 2. The fourth-order valence-electron chi connectivity index (χ4n) is 2.35. The Labute approximate surface area is 100 Å². The van der Waals surface area contributed by atoms with Crippen molar-refractivity contribution in [3.63, 3.8) is 0 Å². The maximum Gasteiger partial charge on any atom is 0.245 e. The number of pyridine rings is 1. The second-order valence-electron chi connectivity index (χ2n) is 4.77. The second kappa shape index (κ2) is 4.00. The first kappa shape index (κ1) is 10.5. The van der Waals surface area contributed by atoms with Gasteiger partial charge in [-0.3, -0.25) is 0 Å². The highest BCUT2D eigenvalue weighted by Crippen LogP contribution is 2.22. The lowest BCUT2D eigenvalue weighted by molar-refractivity contribution is 0.487. The zero-order chi connectivity index (χ0) is 11.8. The molecule has 1 aliphatic rings. The number of hydrogen-bond acceptors (Lipinski definition) is 4. The molecule has 0 bridgehead atoms. The fraction of sp³-hybridized carbons (Fsp3) is 0.500. The van der Waals surface area contributed by atoms with Gasteiger partial charge in [-0.1, -0.05) is 6.07 Å². The number of hydrogen-bond donors (Lipinski definition) is 1. The molecule has 0 radical (unpaired) electrons. The molecule has 17 heavy (non-hydrogen) atoms. The molecule has 1 fully saturated rings. The zero-order valence-corrected chi connectivity index (χ0v) is 9.95. The Morgan fingerprint density at radius 2 is 2.35 bits per heavy atom. The van der Waals surface area contributed by atoms with Crippen molar-refractivity contribution in [3.8, 4) is 0 Å². The number of anilines is 1. The number of nitrogens with two attached hydrogens (primary N) is 1. The summed E-state index contributed by atoms with van der Waals surface area (Å²) < 4.78 is 1.81. The van der Waals surface area contributed by atoms with Gasteiger partial charge in [0.1, 0.15) is 0 Å². The summed E-state index contributed by atoms with van der Waals surface area (Å²) in [5.41, 5.74) is 6.84. The first-order valence-corrected chi connectivity index (χ1v) is 6.06. The minimum Gasteiger partial charge on any atom is -0.339 e. The topological polar surface area (TPSA) is 59.5 Å². The Morgan fingerprint density at radius 1 is 1.47 bits per heavy atom. The molecule has 2 N–H and O–H groups in total. The molecule has 5 nitrogen and oxygen atoms in total. The van der Waals surface area contributed by atoms with Crippen LogP contribution in [0.4, 0.5) is 5.95 Å². The lowest BCUT2D eigenvalue weighted by atomic mass is 10.0. The molecule has 5 heteroatoms. The third kappa shape index (κ3) is 1.86. The van der Waals surface area contributed by atoms with E-state index in [9.17, 15) is 0 Å². The van der Waals surface area contributed by atoms with Crippen molar-refractivity contribution in [1.82, 2.24) is 14.6 Å². The van der Waals surface area contributed by atoms with Gasteiger partial charge >= 0.3 is 0 Å². The third-order valence-corrected chi connectivity index (χ3v) is 3.48. The van der Waals surface area contributed by atoms with Crippen LogP contribution in [-0.2, 0) is 0 Å². The summed E-state index contributed by atoms with van der Waals surface area (Å²) in [6, 6.07) is 6.15. The van der Waals surface area contributed by atoms with E-state index in [1.165, 1.54) is 0 Å². The van der Waals surface area contributed by atoms with Crippen molar-refractivity contribution >= 4 is 11.6 Å². The van der Waals surface area contributed by atoms with Crippen LogP contribution in [0.5, 0.6) is 0 Å². The summed E-state index contributed by atoms with van der Waals surface area (Å²) in [4.78, 5) is 6.75. The highest BCUT2D eigenvalue weighted by molar-refractivity contribution is 5.44. The minimum atomic E-state index is 0.247. The average Bonchev–Trinajstić information content (AvgIpc) is 2.95.